The Bertz CT molecular complexity index is 459. The average molecular weight is 305 g/mol. The van der Waals surface area contributed by atoms with E-state index in [9.17, 15) is 0 Å². The molecule has 0 radical (unpaired) electrons. The van der Waals surface area contributed by atoms with Gasteiger partial charge in [-0.25, -0.2) is 5.01 Å². The molecule has 1 aliphatic rings. The second-order valence-electron chi connectivity index (χ2n) is 6.38. The summed E-state index contributed by atoms with van der Waals surface area (Å²) in [5.74, 6) is 0.555. The Kier molecular flexibility index (Phi) is 5.59. The van der Waals surface area contributed by atoms with Crippen LogP contribution in [0.25, 0.3) is 0 Å². The Morgan fingerprint density at radius 3 is 2.24 bits per heavy atom. The normalized spacial score (nSPS) is 23.1. The molecular formula is C17H27N3S. The van der Waals surface area contributed by atoms with E-state index in [2.05, 4.69) is 67.7 Å². The molecule has 0 amide bonds. The molecule has 1 saturated heterocycles. The zero-order valence-corrected chi connectivity index (χ0v) is 14.3. The standard InChI is InChI=1S/C17H27N3S/c1-12(2)15-8-10-16(11-9-15)18-17(21)19-20-13(3)6-5-7-14(20)4/h8-14H,5-7H2,1-4H3,(H2,18,19,21)/t13-,14-/m0/s1. The summed E-state index contributed by atoms with van der Waals surface area (Å²) in [5.41, 5.74) is 5.74. The molecular weight excluding hydrogens is 278 g/mol. The summed E-state index contributed by atoms with van der Waals surface area (Å²) in [6.45, 7) is 8.91. The maximum absolute atomic E-state index is 5.44. The number of anilines is 1. The van der Waals surface area contributed by atoms with Crippen LogP contribution >= 0.6 is 12.2 Å². The van der Waals surface area contributed by atoms with E-state index >= 15 is 0 Å². The summed E-state index contributed by atoms with van der Waals surface area (Å²) >= 11 is 5.44. The molecule has 1 aliphatic heterocycles. The summed E-state index contributed by atoms with van der Waals surface area (Å²) < 4.78 is 0. The minimum absolute atomic E-state index is 0.525. The van der Waals surface area contributed by atoms with Gasteiger partial charge in [0.15, 0.2) is 5.11 Å². The number of hydrazine groups is 1. The lowest BCUT2D eigenvalue weighted by atomic mass is 10.00. The highest BCUT2D eigenvalue weighted by Gasteiger charge is 2.25. The zero-order valence-electron chi connectivity index (χ0n) is 13.5. The van der Waals surface area contributed by atoms with Gasteiger partial charge in [0, 0.05) is 17.8 Å². The molecule has 2 N–H and O–H groups in total. The van der Waals surface area contributed by atoms with Gasteiger partial charge in [-0.3, -0.25) is 5.43 Å². The average Bonchev–Trinajstić information content (AvgIpc) is 2.43. The monoisotopic (exact) mass is 305 g/mol. The summed E-state index contributed by atoms with van der Waals surface area (Å²) in [6.07, 6.45) is 3.75. The van der Waals surface area contributed by atoms with Gasteiger partial charge in [-0.05, 0) is 62.5 Å². The van der Waals surface area contributed by atoms with Gasteiger partial charge in [-0.2, -0.15) is 0 Å². The molecule has 1 heterocycles. The molecule has 0 aromatic heterocycles. The second-order valence-corrected chi connectivity index (χ2v) is 6.79. The first-order valence-corrected chi connectivity index (χ1v) is 8.34. The van der Waals surface area contributed by atoms with E-state index in [1.807, 2.05) is 0 Å². The van der Waals surface area contributed by atoms with Crippen LogP contribution in [-0.2, 0) is 0 Å². The zero-order chi connectivity index (χ0) is 15.4. The predicted octanol–water partition coefficient (Wildman–Crippen LogP) is 4.27. The van der Waals surface area contributed by atoms with E-state index < -0.39 is 0 Å². The maximum Gasteiger partial charge on any atom is 0.185 e. The molecule has 2 rings (SSSR count). The van der Waals surface area contributed by atoms with Gasteiger partial charge >= 0.3 is 0 Å². The SMILES string of the molecule is CC(C)c1ccc(NC(=S)NN2[C@@H](C)CCC[C@@H]2C)cc1. The van der Waals surface area contributed by atoms with Crippen molar-refractivity contribution in [2.75, 3.05) is 5.32 Å². The van der Waals surface area contributed by atoms with Crippen LogP contribution in [0, 0.1) is 0 Å². The van der Waals surface area contributed by atoms with Crippen LogP contribution in [0.2, 0.25) is 0 Å². The topological polar surface area (TPSA) is 27.3 Å². The molecule has 21 heavy (non-hydrogen) atoms. The summed E-state index contributed by atoms with van der Waals surface area (Å²) in [5, 5.41) is 6.23. The minimum Gasteiger partial charge on any atom is -0.332 e. The van der Waals surface area contributed by atoms with E-state index in [0.717, 1.165) is 5.69 Å². The maximum atomic E-state index is 5.44. The van der Waals surface area contributed by atoms with Crippen molar-refractivity contribution in [3.05, 3.63) is 29.8 Å². The van der Waals surface area contributed by atoms with Crippen molar-refractivity contribution in [3.8, 4) is 0 Å². The first kappa shape index (κ1) is 16.2. The molecule has 1 aromatic carbocycles. The third-order valence-corrected chi connectivity index (χ3v) is 4.45. The molecule has 2 atom stereocenters. The Morgan fingerprint density at radius 1 is 1.14 bits per heavy atom. The fourth-order valence-corrected chi connectivity index (χ4v) is 3.09. The van der Waals surface area contributed by atoms with Crippen LogP contribution in [0.3, 0.4) is 0 Å². The van der Waals surface area contributed by atoms with E-state index in [1.165, 1.54) is 24.8 Å². The Labute approximate surface area is 134 Å². The molecule has 0 aliphatic carbocycles. The molecule has 0 bridgehead atoms. The van der Waals surface area contributed by atoms with Crippen molar-refractivity contribution in [3.63, 3.8) is 0 Å². The van der Waals surface area contributed by atoms with Crippen molar-refractivity contribution >= 4 is 23.0 Å². The fraction of sp³-hybridized carbons (Fsp3) is 0.588. The summed E-state index contributed by atoms with van der Waals surface area (Å²) in [7, 11) is 0. The highest BCUT2D eigenvalue weighted by atomic mass is 32.1. The van der Waals surface area contributed by atoms with Crippen LogP contribution in [0.1, 0.15) is 58.4 Å². The predicted molar refractivity (Wildman–Crippen MR) is 94.5 cm³/mol. The number of thiocarbonyl (C=S) groups is 1. The highest BCUT2D eigenvalue weighted by molar-refractivity contribution is 7.80. The number of hydrogen-bond acceptors (Lipinski definition) is 2. The van der Waals surface area contributed by atoms with Crippen LogP contribution in [0.15, 0.2) is 24.3 Å². The number of piperidine rings is 1. The Morgan fingerprint density at radius 2 is 1.71 bits per heavy atom. The first-order valence-electron chi connectivity index (χ1n) is 7.93. The lowest BCUT2D eigenvalue weighted by molar-refractivity contribution is 0.0750. The van der Waals surface area contributed by atoms with Gasteiger partial charge in [0.2, 0.25) is 0 Å². The van der Waals surface area contributed by atoms with E-state index in [1.54, 1.807) is 0 Å². The smallest absolute Gasteiger partial charge is 0.185 e. The summed E-state index contributed by atoms with van der Waals surface area (Å²) in [4.78, 5) is 0. The van der Waals surface area contributed by atoms with Crippen molar-refractivity contribution in [1.29, 1.82) is 0 Å². The van der Waals surface area contributed by atoms with Gasteiger partial charge in [-0.1, -0.05) is 32.4 Å². The lowest BCUT2D eigenvalue weighted by Crippen LogP contribution is -2.55. The van der Waals surface area contributed by atoms with Crippen LogP contribution in [0.4, 0.5) is 5.69 Å². The van der Waals surface area contributed by atoms with Gasteiger partial charge in [0.1, 0.15) is 0 Å². The third kappa shape index (κ3) is 4.42. The van der Waals surface area contributed by atoms with Gasteiger partial charge in [0.05, 0.1) is 0 Å². The molecule has 4 heteroatoms. The molecule has 0 spiro atoms. The van der Waals surface area contributed by atoms with Crippen LogP contribution in [-0.4, -0.2) is 22.2 Å². The summed E-state index contributed by atoms with van der Waals surface area (Å²) in [6, 6.07) is 9.54. The lowest BCUT2D eigenvalue weighted by Gasteiger charge is -2.39. The second kappa shape index (κ2) is 7.23. The first-order chi connectivity index (χ1) is 9.97. The highest BCUT2D eigenvalue weighted by Crippen LogP contribution is 2.21. The Hall–Kier alpha value is -1.13. The van der Waals surface area contributed by atoms with Gasteiger partial charge in [-0.15, -0.1) is 0 Å². The molecule has 0 saturated carbocycles. The van der Waals surface area contributed by atoms with Crippen LogP contribution < -0.4 is 10.7 Å². The fourth-order valence-electron chi connectivity index (χ4n) is 2.87. The number of nitrogens with zero attached hydrogens (tertiary/aromatic N) is 1. The quantitative estimate of drug-likeness (QED) is 0.815. The van der Waals surface area contributed by atoms with Crippen LogP contribution in [0.5, 0.6) is 0 Å². The number of hydrogen-bond donors (Lipinski definition) is 2. The third-order valence-electron chi connectivity index (χ3n) is 4.26. The Balaban J connectivity index is 1.91. The molecule has 116 valence electrons. The molecule has 0 unspecified atom stereocenters. The largest absolute Gasteiger partial charge is 0.332 e. The minimum atomic E-state index is 0.525. The van der Waals surface area contributed by atoms with E-state index in [-0.39, 0.29) is 0 Å². The number of benzene rings is 1. The van der Waals surface area contributed by atoms with Gasteiger partial charge in [0.25, 0.3) is 0 Å². The molecule has 1 aromatic rings. The number of rotatable bonds is 3. The van der Waals surface area contributed by atoms with Gasteiger partial charge < -0.3 is 5.32 Å². The molecule has 1 fully saturated rings. The van der Waals surface area contributed by atoms with E-state index in [4.69, 9.17) is 12.2 Å². The van der Waals surface area contributed by atoms with Crippen molar-refractivity contribution in [2.45, 2.75) is 65.0 Å². The number of nitrogens with one attached hydrogen (secondary N) is 2. The van der Waals surface area contributed by atoms with Crippen molar-refractivity contribution in [1.82, 2.24) is 10.4 Å². The molecule has 3 nitrogen and oxygen atoms in total. The van der Waals surface area contributed by atoms with Crippen molar-refractivity contribution < 1.29 is 0 Å². The van der Waals surface area contributed by atoms with E-state index in [0.29, 0.717) is 23.1 Å². The van der Waals surface area contributed by atoms with Crippen molar-refractivity contribution in [2.24, 2.45) is 0 Å².